The Morgan fingerprint density at radius 1 is 0.974 bits per heavy atom. The van der Waals surface area contributed by atoms with Crippen LogP contribution in [0.1, 0.15) is 22.6 Å². The van der Waals surface area contributed by atoms with Gasteiger partial charge in [0.05, 0.1) is 33.4 Å². The van der Waals surface area contributed by atoms with Crippen molar-refractivity contribution in [3.8, 4) is 28.7 Å². The molecule has 3 heterocycles. The zero-order valence-electron chi connectivity index (χ0n) is 21.3. The number of cyclic esters (lactones) is 1. The number of aliphatic hydroxyl groups is 4. The van der Waals surface area contributed by atoms with E-state index >= 15 is 0 Å². The molecule has 0 aromatic heterocycles. The van der Waals surface area contributed by atoms with E-state index in [1.54, 1.807) is 13.2 Å². The highest BCUT2D eigenvalue weighted by atomic mass is 16.7. The van der Waals surface area contributed by atoms with E-state index in [-0.39, 0.29) is 31.0 Å². The van der Waals surface area contributed by atoms with Crippen LogP contribution in [0.5, 0.6) is 28.7 Å². The van der Waals surface area contributed by atoms with Crippen molar-refractivity contribution in [2.24, 2.45) is 11.8 Å². The van der Waals surface area contributed by atoms with Gasteiger partial charge in [-0.1, -0.05) is 6.07 Å². The molecule has 4 aliphatic rings. The molecule has 2 fully saturated rings. The summed E-state index contributed by atoms with van der Waals surface area (Å²) in [6.07, 6.45) is -6.95. The SMILES string of the molecule is COc1ccc([C@@H]2c3cc4c(c(OC5OC(CO)C(O)C(O)C5O)c3C[C@H]3COC(=O)[C@@H]32)OCO4)cc1OC. The Bertz CT molecular complexity index is 1260. The van der Waals surface area contributed by atoms with Gasteiger partial charge in [-0.2, -0.15) is 0 Å². The Hall–Kier alpha value is -3.29. The van der Waals surface area contributed by atoms with Crippen molar-refractivity contribution in [2.75, 3.05) is 34.2 Å². The highest BCUT2D eigenvalue weighted by Crippen LogP contribution is 2.55. The van der Waals surface area contributed by atoms with Crippen LogP contribution in [0.3, 0.4) is 0 Å². The Morgan fingerprint density at radius 2 is 1.77 bits per heavy atom. The zero-order valence-corrected chi connectivity index (χ0v) is 21.3. The van der Waals surface area contributed by atoms with Crippen LogP contribution in [0.2, 0.25) is 0 Å². The van der Waals surface area contributed by atoms with Gasteiger partial charge >= 0.3 is 5.97 Å². The van der Waals surface area contributed by atoms with Crippen LogP contribution in [-0.4, -0.2) is 91.3 Å². The molecular formula is C27H30O12. The van der Waals surface area contributed by atoms with Crippen LogP contribution in [-0.2, 0) is 20.7 Å². The Morgan fingerprint density at radius 3 is 2.51 bits per heavy atom. The van der Waals surface area contributed by atoms with Gasteiger partial charge in [0, 0.05) is 17.4 Å². The summed E-state index contributed by atoms with van der Waals surface area (Å²) in [7, 11) is 3.08. The molecule has 0 radical (unpaired) electrons. The summed E-state index contributed by atoms with van der Waals surface area (Å²) in [5.74, 6) is 0.525. The first-order valence-corrected chi connectivity index (χ1v) is 12.7. The van der Waals surface area contributed by atoms with Crippen LogP contribution in [0.15, 0.2) is 24.3 Å². The van der Waals surface area contributed by atoms with Crippen LogP contribution in [0.25, 0.3) is 0 Å². The van der Waals surface area contributed by atoms with E-state index < -0.39 is 49.1 Å². The minimum atomic E-state index is -1.62. The average molecular weight is 547 g/mol. The lowest BCUT2D eigenvalue weighted by atomic mass is 9.67. The first-order valence-electron chi connectivity index (χ1n) is 12.7. The Labute approximate surface area is 223 Å². The summed E-state index contributed by atoms with van der Waals surface area (Å²) >= 11 is 0. The zero-order chi connectivity index (χ0) is 27.4. The van der Waals surface area contributed by atoms with Crippen LogP contribution in [0, 0.1) is 11.8 Å². The smallest absolute Gasteiger partial charge is 0.310 e. The fraction of sp³-hybridized carbons (Fsp3) is 0.519. The van der Waals surface area contributed by atoms with E-state index in [0.29, 0.717) is 35.0 Å². The lowest BCUT2D eigenvalue weighted by Gasteiger charge is -2.40. The van der Waals surface area contributed by atoms with Crippen molar-refractivity contribution in [1.82, 2.24) is 0 Å². The number of hydrogen-bond donors (Lipinski definition) is 4. The third-order valence-corrected chi connectivity index (χ3v) is 7.99. The molecule has 39 heavy (non-hydrogen) atoms. The number of rotatable bonds is 6. The van der Waals surface area contributed by atoms with Crippen LogP contribution >= 0.6 is 0 Å². The van der Waals surface area contributed by atoms with Crippen molar-refractivity contribution in [3.63, 3.8) is 0 Å². The van der Waals surface area contributed by atoms with Gasteiger partial charge in [0.15, 0.2) is 23.0 Å². The van der Waals surface area contributed by atoms with Gasteiger partial charge in [-0.05, 0) is 35.7 Å². The molecule has 2 saturated heterocycles. The van der Waals surface area contributed by atoms with Gasteiger partial charge in [0.1, 0.15) is 24.4 Å². The molecule has 4 N–H and O–H groups in total. The molecule has 1 aliphatic carbocycles. The van der Waals surface area contributed by atoms with E-state index in [4.69, 9.17) is 33.2 Å². The molecule has 2 aromatic carbocycles. The molecular weight excluding hydrogens is 516 g/mol. The van der Waals surface area contributed by atoms with Gasteiger partial charge in [-0.15, -0.1) is 0 Å². The van der Waals surface area contributed by atoms with Gasteiger partial charge < -0.3 is 53.6 Å². The summed E-state index contributed by atoms with van der Waals surface area (Å²) in [5, 5.41) is 40.8. The minimum Gasteiger partial charge on any atom is -0.493 e. The third kappa shape index (κ3) is 4.14. The van der Waals surface area contributed by atoms with Gasteiger partial charge in [-0.25, -0.2) is 0 Å². The van der Waals surface area contributed by atoms with Gasteiger partial charge in [-0.3, -0.25) is 4.79 Å². The predicted octanol–water partition coefficient (Wildman–Crippen LogP) is 0.0884. The maximum atomic E-state index is 13.0. The minimum absolute atomic E-state index is 0.0702. The molecule has 8 atom stereocenters. The fourth-order valence-electron chi connectivity index (χ4n) is 6.03. The molecule has 6 rings (SSSR count). The first kappa shape index (κ1) is 26.0. The number of esters is 1. The molecule has 2 aromatic rings. The second-order valence-corrected chi connectivity index (χ2v) is 10.0. The van der Waals surface area contributed by atoms with E-state index in [1.165, 1.54) is 7.11 Å². The molecule has 5 unspecified atom stereocenters. The highest BCUT2D eigenvalue weighted by Gasteiger charge is 2.51. The lowest BCUT2D eigenvalue weighted by molar-refractivity contribution is -0.277. The summed E-state index contributed by atoms with van der Waals surface area (Å²) in [6.45, 7) is -0.445. The van der Waals surface area contributed by atoms with Crippen LogP contribution < -0.4 is 23.7 Å². The summed E-state index contributed by atoms with van der Waals surface area (Å²) < 4.78 is 39.6. The van der Waals surface area contributed by atoms with Gasteiger partial charge in [0.2, 0.25) is 18.8 Å². The van der Waals surface area contributed by atoms with Crippen molar-refractivity contribution >= 4 is 5.97 Å². The maximum Gasteiger partial charge on any atom is 0.310 e. The number of ether oxygens (including phenoxy) is 7. The van der Waals surface area contributed by atoms with E-state index in [2.05, 4.69) is 0 Å². The van der Waals surface area contributed by atoms with Gasteiger partial charge in [0.25, 0.3) is 0 Å². The number of benzene rings is 2. The average Bonchev–Trinajstić information content (AvgIpc) is 3.58. The number of fused-ring (bicyclic) bond motifs is 3. The molecule has 0 amide bonds. The largest absolute Gasteiger partial charge is 0.493 e. The van der Waals surface area contributed by atoms with Crippen LogP contribution in [0.4, 0.5) is 0 Å². The molecule has 0 spiro atoms. The third-order valence-electron chi connectivity index (χ3n) is 7.99. The number of carbonyl (C=O) groups excluding carboxylic acids is 1. The molecule has 12 heteroatoms. The van der Waals surface area contributed by atoms with E-state index in [1.807, 2.05) is 18.2 Å². The number of carbonyl (C=O) groups is 1. The second kappa shape index (κ2) is 10.0. The summed E-state index contributed by atoms with van der Waals surface area (Å²) in [4.78, 5) is 13.0. The quantitative estimate of drug-likeness (QED) is 0.362. The fourth-order valence-corrected chi connectivity index (χ4v) is 6.03. The molecule has 12 nitrogen and oxygen atoms in total. The monoisotopic (exact) mass is 546 g/mol. The predicted molar refractivity (Wildman–Crippen MR) is 130 cm³/mol. The van der Waals surface area contributed by atoms with E-state index in [0.717, 1.165) is 11.1 Å². The maximum absolute atomic E-state index is 13.0. The topological polar surface area (TPSA) is 163 Å². The normalized spacial score (nSPS) is 32.7. The summed E-state index contributed by atoms with van der Waals surface area (Å²) in [6, 6.07) is 7.29. The van der Waals surface area contributed by atoms with Crippen molar-refractivity contribution < 1.29 is 58.4 Å². The number of methoxy groups -OCH3 is 2. The molecule has 3 aliphatic heterocycles. The van der Waals surface area contributed by atoms with Crippen molar-refractivity contribution in [1.29, 1.82) is 0 Å². The first-order chi connectivity index (χ1) is 18.9. The number of hydrogen-bond acceptors (Lipinski definition) is 12. The Kier molecular flexibility index (Phi) is 6.68. The molecule has 210 valence electrons. The van der Waals surface area contributed by atoms with E-state index in [9.17, 15) is 25.2 Å². The Balaban J connectivity index is 1.48. The summed E-state index contributed by atoms with van der Waals surface area (Å²) in [5.41, 5.74) is 2.24. The van der Waals surface area contributed by atoms with Crippen molar-refractivity contribution in [3.05, 3.63) is 41.0 Å². The van der Waals surface area contributed by atoms with Crippen molar-refractivity contribution in [2.45, 2.75) is 43.0 Å². The number of aliphatic hydroxyl groups excluding tert-OH is 4. The molecule has 0 bridgehead atoms. The lowest BCUT2D eigenvalue weighted by Crippen LogP contribution is -2.60. The molecule has 0 saturated carbocycles. The highest BCUT2D eigenvalue weighted by molar-refractivity contribution is 5.79. The second-order valence-electron chi connectivity index (χ2n) is 10.0. The standard InChI is InChI=1S/C27H30O12/c1-33-15-4-3-11(6-16(15)34-2)19-13-7-17-25(37-10-36-17)24(14(13)5-12-9-35-26(32)20(12)19)39-27-23(31)22(30)21(29)18(8-28)38-27/h3-4,6-7,12,18-23,27-31H,5,8-10H2,1-2H3/t12-,18?,19+,20-,21?,22?,23?,27?/m0/s1.